The maximum absolute atomic E-state index is 12.0. The molecule has 2 rings (SSSR count). The molecule has 1 aromatic carbocycles. The molecular weight excluding hydrogens is 262 g/mol. The number of hydrogen-bond acceptors (Lipinski definition) is 3. The molecule has 0 unspecified atom stereocenters. The largest absolute Gasteiger partial charge is 0.459 e. The maximum Gasteiger partial charge on any atom is 0.338 e. The van der Waals surface area contributed by atoms with Crippen molar-refractivity contribution in [1.29, 1.82) is 0 Å². The van der Waals surface area contributed by atoms with Crippen molar-refractivity contribution in [3.63, 3.8) is 0 Å². The average Bonchev–Trinajstić information content (AvgIpc) is 2.42. The molecule has 3 nitrogen and oxygen atoms in total. The SMILES string of the molecule is CCC1CCC(OC(=O)c2ccc(Cl)c(N)c2)CC1. The molecule has 1 fully saturated rings. The summed E-state index contributed by atoms with van der Waals surface area (Å²) in [6, 6.07) is 4.85. The summed E-state index contributed by atoms with van der Waals surface area (Å²) in [4.78, 5) is 12.0. The van der Waals surface area contributed by atoms with Crippen molar-refractivity contribution in [2.75, 3.05) is 5.73 Å². The van der Waals surface area contributed by atoms with Crippen LogP contribution in [0.4, 0.5) is 5.69 Å². The molecule has 4 heteroatoms. The van der Waals surface area contributed by atoms with Crippen LogP contribution in [0.2, 0.25) is 5.02 Å². The Labute approximate surface area is 119 Å². The summed E-state index contributed by atoms with van der Waals surface area (Å²) >= 11 is 5.83. The zero-order valence-corrected chi connectivity index (χ0v) is 12.0. The summed E-state index contributed by atoms with van der Waals surface area (Å²) < 4.78 is 5.53. The monoisotopic (exact) mass is 281 g/mol. The van der Waals surface area contributed by atoms with Crippen LogP contribution in [0.5, 0.6) is 0 Å². The van der Waals surface area contributed by atoms with E-state index in [1.807, 2.05) is 0 Å². The summed E-state index contributed by atoms with van der Waals surface area (Å²) in [5, 5.41) is 0.458. The Kier molecular flexibility index (Phi) is 4.70. The highest BCUT2D eigenvalue weighted by Crippen LogP contribution is 2.29. The second-order valence-corrected chi connectivity index (χ2v) is 5.60. The summed E-state index contributed by atoms with van der Waals surface area (Å²) in [7, 11) is 0. The normalized spacial score (nSPS) is 23.1. The number of anilines is 1. The predicted octanol–water partition coefficient (Wildman–Crippen LogP) is 4.05. The molecule has 0 spiro atoms. The third-order valence-corrected chi connectivity index (χ3v) is 4.22. The summed E-state index contributed by atoms with van der Waals surface area (Å²) in [6.07, 6.45) is 5.50. The molecule has 1 aliphatic carbocycles. The summed E-state index contributed by atoms with van der Waals surface area (Å²) in [5.41, 5.74) is 6.57. The lowest BCUT2D eigenvalue weighted by atomic mass is 9.86. The number of esters is 1. The van der Waals surface area contributed by atoms with E-state index in [0.29, 0.717) is 16.3 Å². The Hall–Kier alpha value is -1.22. The molecule has 19 heavy (non-hydrogen) atoms. The Morgan fingerprint density at radius 1 is 1.37 bits per heavy atom. The first kappa shape index (κ1) is 14.2. The lowest BCUT2D eigenvalue weighted by molar-refractivity contribution is 0.0164. The smallest absolute Gasteiger partial charge is 0.338 e. The molecule has 0 atom stereocenters. The van der Waals surface area contributed by atoms with Crippen molar-refractivity contribution in [3.05, 3.63) is 28.8 Å². The van der Waals surface area contributed by atoms with Gasteiger partial charge in [-0.2, -0.15) is 0 Å². The Morgan fingerprint density at radius 3 is 2.63 bits per heavy atom. The van der Waals surface area contributed by atoms with E-state index in [2.05, 4.69) is 6.92 Å². The molecule has 2 N–H and O–H groups in total. The van der Waals surface area contributed by atoms with Crippen molar-refractivity contribution in [2.45, 2.75) is 45.1 Å². The highest BCUT2D eigenvalue weighted by molar-refractivity contribution is 6.33. The minimum Gasteiger partial charge on any atom is -0.459 e. The molecule has 0 heterocycles. The third kappa shape index (κ3) is 3.63. The van der Waals surface area contributed by atoms with Gasteiger partial charge in [-0.3, -0.25) is 0 Å². The molecular formula is C15H20ClNO2. The molecule has 0 saturated heterocycles. The number of benzene rings is 1. The molecule has 1 aliphatic rings. The van der Waals surface area contributed by atoms with Crippen LogP contribution in [-0.4, -0.2) is 12.1 Å². The number of rotatable bonds is 3. The average molecular weight is 282 g/mol. The van der Waals surface area contributed by atoms with Crippen LogP contribution in [0.3, 0.4) is 0 Å². The highest BCUT2D eigenvalue weighted by atomic mass is 35.5. The second kappa shape index (κ2) is 6.29. The second-order valence-electron chi connectivity index (χ2n) is 5.19. The van der Waals surface area contributed by atoms with Gasteiger partial charge in [0.1, 0.15) is 6.10 Å². The Morgan fingerprint density at radius 2 is 2.05 bits per heavy atom. The first-order valence-corrected chi connectivity index (χ1v) is 7.24. The number of carbonyl (C=O) groups excluding carboxylic acids is 1. The molecule has 0 amide bonds. The molecule has 104 valence electrons. The van der Waals surface area contributed by atoms with E-state index in [9.17, 15) is 4.79 Å². The van der Waals surface area contributed by atoms with Crippen molar-refractivity contribution in [3.8, 4) is 0 Å². The minimum atomic E-state index is -0.302. The van der Waals surface area contributed by atoms with E-state index in [1.54, 1.807) is 18.2 Å². The van der Waals surface area contributed by atoms with E-state index in [4.69, 9.17) is 22.1 Å². The number of carbonyl (C=O) groups is 1. The van der Waals surface area contributed by atoms with Crippen molar-refractivity contribution in [2.24, 2.45) is 5.92 Å². The first-order chi connectivity index (χ1) is 9.10. The van der Waals surface area contributed by atoms with Crippen LogP contribution in [0, 0.1) is 5.92 Å². The van der Waals surface area contributed by atoms with Gasteiger partial charge in [-0.25, -0.2) is 4.79 Å². The van der Waals surface area contributed by atoms with Crippen LogP contribution < -0.4 is 5.73 Å². The van der Waals surface area contributed by atoms with Gasteiger partial charge in [0.05, 0.1) is 16.3 Å². The number of halogens is 1. The lowest BCUT2D eigenvalue weighted by Gasteiger charge is -2.27. The number of nitrogen functional groups attached to an aromatic ring is 1. The summed E-state index contributed by atoms with van der Waals surface area (Å²) in [6.45, 7) is 2.22. The van der Waals surface area contributed by atoms with E-state index in [0.717, 1.165) is 31.6 Å². The van der Waals surface area contributed by atoms with Crippen LogP contribution in [0.1, 0.15) is 49.4 Å². The Bertz CT molecular complexity index is 453. The van der Waals surface area contributed by atoms with Gasteiger partial charge in [0.15, 0.2) is 0 Å². The third-order valence-electron chi connectivity index (χ3n) is 3.88. The highest BCUT2D eigenvalue weighted by Gasteiger charge is 2.23. The van der Waals surface area contributed by atoms with Crippen LogP contribution in [0.25, 0.3) is 0 Å². The number of nitrogens with two attached hydrogens (primary N) is 1. The van der Waals surface area contributed by atoms with Gasteiger partial charge in [0.25, 0.3) is 0 Å². The number of ether oxygens (including phenoxy) is 1. The van der Waals surface area contributed by atoms with E-state index in [-0.39, 0.29) is 12.1 Å². The molecule has 1 saturated carbocycles. The van der Waals surface area contributed by atoms with Crippen molar-refractivity contribution < 1.29 is 9.53 Å². The van der Waals surface area contributed by atoms with Crippen LogP contribution in [-0.2, 0) is 4.74 Å². The van der Waals surface area contributed by atoms with Gasteiger partial charge >= 0.3 is 5.97 Å². The standard InChI is InChI=1S/C15H20ClNO2/c1-2-10-3-6-12(7-4-10)19-15(18)11-5-8-13(16)14(17)9-11/h5,8-10,12H,2-4,6-7,17H2,1H3. The molecule has 0 radical (unpaired) electrons. The maximum atomic E-state index is 12.0. The topological polar surface area (TPSA) is 52.3 Å². The molecule has 0 aromatic heterocycles. The van der Waals surface area contributed by atoms with Crippen LogP contribution >= 0.6 is 11.6 Å². The molecule has 0 aliphatic heterocycles. The van der Waals surface area contributed by atoms with E-state index < -0.39 is 0 Å². The van der Waals surface area contributed by atoms with Gasteiger partial charge in [-0.05, 0) is 49.8 Å². The van der Waals surface area contributed by atoms with Gasteiger partial charge in [-0.1, -0.05) is 24.9 Å². The van der Waals surface area contributed by atoms with E-state index >= 15 is 0 Å². The fourth-order valence-corrected chi connectivity index (χ4v) is 2.67. The van der Waals surface area contributed by atoms with Gasteiger partial charge < -0.3 is 10.5 Å². The lowest BCUT2D eigenvalue weighted by Crippen LogP contribution is -2.24. The summed E-state index contributed by atoms with van der Waals surface area (Å²) in [5.74, 6) is 0.490. The fourth-order valence-electron chi connectivity index (χ4n) is 2.55. The zero-order chi connectivity index (χ0) is 13.8. The van der Waals surface area contributed by atoms with Gasteiger partial charge in [-0.15, -0.1) is 0 Å². The number of hydrogen-bond donors (Lipinski definition) is 1. The Balaban J connectivity index is 1.92. The molecule has 1 aromatic rings. The predicted molar refractivity (Wildman–Crippen MR) is 77.3 cm³/mol. The van der Waals surface area contributed by atoms with Gasteiger partial charge in [0, 0.05) is 0 Å². The van der Waals surface area contributed by atoms with Gasteiger partial charge in [0.2, 0.25) is 0 Å². The first-order valence-electron chi connectivity index (χ1n) is 6.86. The van der Waals surface area contributed by atoms with Crippen molar-refractivity contribution >= 4 is 23.3 Å². The quantitative estimate of drug-likeness (QED) is 0.672. The molecule has 0 bridgehead atoms. The van der Waals surface area contributed by atoms with Crippen LogP contribution in [0.15, 0.2) is 18.2 Å². The zero-order valence-electron chi connectivity index (χ0n) is 11.2. The van der Waals surface area contributed by atoms with Crippen molar-refractivity contribution in [1.82, 2.24) is 0 Å². The van der Waals surface area contributed by atoms with E-state index in [1.165, 1.54) is 6.42 Å². The minimum absolute atomic E-state index is 0.0483. The fraction of sp³-hybridized carbons (Fsp3) is 0.533.